The molecular weight excluding hydrogens is 328 g/mol. The molecule has 0 saturated carbocycles. The smallest absolute Gasteiger partial charge is 0.234 e. The molecule has 0 bridgehead atoms. The number of nitrogens with zero attached hydrogens (tertiary/aromatic N) is 3. The van der Waals surface area contributed by atoms with Gasteiger partial charge in [-0.3, -0.25) is 19.6 Å². The van der Waals surface area contributed by atoms with Crippen molar-refractivity contribution in [3.05, 3.63) is 59.9 Å². The molecule has 3 rings (SSSR count). The Hall–Kier alpha value is -2.44. The van der Waals surface area contributed by atoms with Gasteiger partial charge in [-0.05, 0) is 29.8 Å². The number of benzene rings is 1. The second-order valence-corrected chi connectivity index (χ2v) is 6.50. The van der Waals surface area contributed by atoms with E-state index in [2.05, 4.69) is 32.2 Å². The summed E-state index contributed by atoms with van der Waals surface area (Å²) in [5.74, 6) is 0.939. The number of hydrogen-bond acceptors (Lipinski definition) is 5. The van der Waals surface area contributed by atoms with Crippen molar-refractivity contribution in [3.8, 4) is 5.75 Å². The second kappa shape index (κ2) is 9.31. The number of nitrogens with one attached hydrogen (secondary N) is 1. The van der Waals surface area contributed by atoms with Crippen LogP contribution in [0, 0.1) is 0 Å². The number of aromatic nitrogens is 1. The van der Waals surface area contributed by atoms with E-state index in [0.29, 0.717) is 13.1 Å². The Morgan fingerprint density at radius 3 is 2.46 bits per heavy atom. The van der Waals surface area contributed by atoms with Crippen LogP contribution in [0.4, 0.5) is 0 Å². The number of amides is 1. The molecule has 1 aromatic heterocycles. The van der Waals surface area contributed by atoms with E-state index in [9.17, 15) is 4.79 Å². The van der Waals surface area contributed by atoms with Gasteiger partial charge >= 0.3 is 0 Å². The van der Waals surface area contributed by atoms with Gasteiger partial charge in [-0.1, -0.05) is 18.2 Å². The lowest BCUT2D eigenvalue weighted by Gasteiger charge is -2.34. The van der Waals surface area contributed by atoms with Gasteiger partial charge in [0.05, 0.1) is 25.9 Å². The number of methoxy groups -OCH3 is 1. The van der Waals surface area contributed by atoms with Gasteiger partial charge < -0.3 is 10.1 Å². The van der Waals surface area contributed by atoms with Gasteiger partial charge in [0.25, 0.3) is 0 Å². The molecule has 0 unspecified atom stereocenters. The van der Waals surface area contributed by atoms with Crippen LogP contribution < -0.4 is 10.1 Å². The average molecular weight is 354 g/mol. The Labute approximate surface area is 154 Å². The summed E-state index contributed by atoms with van der Waals surface area (Å²) in [5, 5.41) is 2.94. The van der Waals surface area contributed by atoms with Crippen molar-refractivity contribution in [2.75, 3.05) is 39.8 Å². The number of carbonyl (C=O) groups is 1. The van der Waals surface area contributed by atoms with Crippen LogP contribution in [-0.4, -0.2) is 60.5 Å². The molecule has 1 saturated heterocycles. The van der Waals surface area contributed by atoms with Gasteiger partial charge in [-0.25, -0.2) is 0 Å². The Morgan fingerprint density at radius 1 is 1.08 bits per heavy atom. The third-order valence-electron chi connectivity index (χ3n) is 4.59. The normalized spacial score (nSPS) is 15.6. The maximum atomic E-state index is 12.1. The molecule has 0 radical (unpaired) electrons. The monoisotopic (exact) mass is 354 g/mol. The van der Waals surface area contributed by atoms with Crippen LogP contribution in [-0.2, 0) is 17.9 Å². The molecule has 1 N–H and O–H groups in total. The number of ether oxygens (including phenoxy) is 1. The fourth-order valence-electron chi connectivity index (χ4n) is 3.05. The summed E-state index contributed by atoms with van der Waals surface area (Å²) >= 11 is 0. The maximum Gasteiger partial charge on any atom is 0.234 e. The van der Waals surface area contributed by atoms with Crippen molar-refractivity contribution < 1.29 is 9.53 Å². The predicted molar refractivity (Wildman–Crippen MR) is 101 cm³/mol. The summed E-state index contributed by atoms with van der Waals surface area (Å²) in [6.07, 6.45) is 1.74. The molecule has 1 fully saturated rings. The molecule has 1 amide bonds. The molecule has 2 heterocycles. The van der Waals surface area contributed by atoms with Crippen molar-refractivity contribution in [2.24, 2.45) is 0 Å². The minimum absolute atomic E-state index is 0.0549. The van der Waals surface area contributed by atoms with E-state index in [-0.39, 0.29) is 5.91 Å². The lowest BCUT2D eigenvalue weighted by atomic mass is 10.2. The summed E-state index contributed by atoms with van der Waals surface area (Å²) in [6, 6.07) is 13.9. The van der Waals surface area contributed by atoms with Crippen LogP contribution in [0.1, 0.15) is 11.3 Å². The van der Waals surface area contributed by atoms with Crippen LogP contribution >= 0.6 is 0 Å². The standard InChI is InChI=1S/C20H26N4O2/c1-26-19-7-5-17(6-8-19)15-23-10-12-24(13-11-23)16-20(25)22-14-18-4-2-3-9-21-18/h2-9H,10-16H2,1H3,(H,22,25). The lowest BCUT2D eigenvalue weighted by Crippen LogP contribution is -2.49. The van der Waals surface area contributed by atoms with Gasteiger partial charge in [-0.15, -0.1) is 0 Å². The first-order valence-electron chi connectivity index (χ1n) is 8.97. The molecule has 0 aliphatic carbocycles. The number of pyridine rings is 1. The van der Waals surface area contributed by atoms with Crippen LogP contribution in [0.5, 0.6) is 5.75 Å². The Bertz CT molecular complexity index is 683. The molecule has 138 valence electrons. The molecule has 26 heavy (non-hydrogen) atoms. The predicted octanol–water partition coefficient (Wildman–Crippen LogP) is 1.52. The summed E-state index contributed by atoms with van der Waals surface area (Å²) in [6.45, 7) is 5.63. The van der Waals surface area contributed by atoms with Crippen molar-refractivity contribution in [1.29, 1.82) is 0 Å². The number of piperazine rings is 1. The molecule has 0 spiro atoms. The fourth-order valence-corrected chi connectivity index (χ4v) is 3.05. The van der Waals surface area contributed by atoms with E-state index in [1.54, 1.807) is 13.3 Å². The Morgan fingerprint density at radius 2 is 1.81 bits per heavy atom. The first-order chi connectivity index (χ1) is 12.7. The van der Waals surface area contributed by atoms with Crippen LogP contribution in [0.3, 0.4) is 0 Å². The summed E-state index contributed by atoms with van der Waals surface area (Å²) in [4.78, 5) is 21.0. The molecule has 6 nitrogen and oxygen atoms in total. The van der Waals surface area contributed by atoms with E-state index < -0.39 is 0 Å². The van der Waals surface area contributed by atoms with E-state index in [1.807, 2.05) is 30.3 Å². The Balaban J connectivity index is 1.37. The minimum atomic E-state index is 0.0549. The molecule has 1 aromatic carbocycles. The highest BCUT2D eigenvalue weighted by atomic mass is 16.5. The highest BCUT2D eigenvalue weighted by Gasteiger charge is 2.19. The van der Waals surface area contributed by atoms with Gasteiger partial charge in [0, 0.05) is 38.9 Å². The highest BCUT2D eigenvalue weighted by molar-refractivity contribution is 5.77. The first kappa shape index (κ1) is 18.4. The van der Waals surface area contributed by atoms with E-state index in [4.69, 9.17) is 4.74 Å². The van der Waals surface area contributed by atoms with Crippen LogP contribution in [0.2, 0.25) is 0 Å². The topological polar surface area (TPSA) is 57.7 Å². The number of rotatable bonds is 7. The van der Waals surface area contributed by atoms with Crippen molar-refractivity contribution in [3.63, 3.8) is 0 Å². The Kier molecular flexibility index (Phi) is 6.57. The molecule has 6 heteroatoms. The zero-order valence-corrected chi connectivity index (χ0v) is 15.2. The maximum absolute atomic E-state index is 12.1. The third-order valence-corrected chi connectivity index (χ3v) is 4.59. The first-order valence-corrected chi connectivity index (χ1v) is 8.97. The SMILES string of the molecule is COc1ccc(CN2CCN(CC(=O)NCc3ccccn3)CC2)cc1. The number of carbonyl (C=O) groups excluding carboxylic acids is 1. The quantitative estimate of drug-likeness (QED) is 0.817. The van der Waals surface area contributed by atoms with Gasteiger partial charge in [-0.2, -0.15) is 0 Å². The lowest BCUT2D eigenvalue weighted by molar-refractivity contribution is -0.122. The fraction of sp³-hybridized carbons (Fsp3) is 0.400. The molecule has 1 aliphatic heterocycles. The molecule has 0 atom stereocenters. The van der Waals surface area contributed by atoms with Crippen molar-refractivity contribution >= 4 is 5.91 Å². The van der Waals surface area contributed by atoms with E-state index >= 15 is 0 Å². The summed E-state index contributed by atoms with van der Waals surface area (Å²) < 4.78 is 5.20. The summed E-state index contributed by atoms with van der Waals surface area (Å²) in [7, 11) is 1.68. The second-order valence-electron chi connectivity index (χ2n) is 6.50. The highest BCUT2D eigenvalue weighted by Crippen LogP contribution is 2.14. The van der Waals surface area contributed by atoms with Crippen LogP contribution in [0.15, 0.2) is 48.7 Å². The van der Waals surface area contributed by atoms with Gasteiger partial charge in [0.2, 0.25) is 5.91 Å². The largest absolute Gasteiger partial charge is 0.497 e. The van der Waals surface area contributed by atoms with E-state index in [0.717, 1.165) is 44.2 Å². The van der Waals surface area contributed by atoms with Crippen molar-refractivity contribution in [2.45, 2.75) is 13.1 Å². The minimum Gasteiger partial charge on any atom is -0.497 e. The summed E-state index contributed by atoms with van der Waals surface area (Å²) in [5.41, 5.74) is 2.16. The van der Waals surface area contributed by atoms with Gasteiger partial charge in [0.15, 0.2) is 0 Å². The molecule has 1 aliphatic rings. The van der Waals surface area contributed by atoms with Gasteiger partial charge in [0.1, 0.15) is 5.75 Å². The average Bonchev–Trinajstić information content (AvgIpc) is 2.69. The van der Waals surface area contributed by atoms with Crippen molar-refractivity contribution in [1.82, 2.24) is 20.1 Å². The third kappa shape index (κ3) is 5.54. The zero-order valence-electron chi connectivity index (χ0n) is 15.2. The molecule has 2 aromatic rings. The zero-order chi connectivity index (χ0) is 18.2. The molecular formula is C20H26N4O2. The number of hydrogen-bond donors (Lipinski definition) is 1. The van der Waals surface area contributed by atoms with Crippen LogP contribution in [0.25, 0.3) is 0 Å². The van der Waals surface area contributed by atoms with E-state index in [1.165, 1.54) is 5.56 Å².